The van der Waals surface area contributed by atoms with Crippen LogP contribution in [0.2, 0.25) is 0 Å². The summed E-state index contributed by atoms with van der Waals surface area (Å²) in [6.45, 7) is -0.610. The summed E-state index contributed by atoms with van der Waals surface area (Å²) in [7, 11) is -9.36. The highest BCUT2D eigenvalue weighted by atomic mass is 32.3. The van der Waals surface area contributed by atoms with E-state index in [0.29, 0.717) is 0 Å². The molecule has 2 heterocycles. The van der Waals surface area contributed by atoms with E-state index in [1.54, 1.807) is 0 Å². The number of carbonyl (C=O) groups is 2. The number of rotatable bonds is 11. The topological polar surface area (TPSA) is 272 Å². The van der Waals surface area contributed by atoms with Gasteiger partial charge in [-0.2, -0.15) is 16.8 Å². The molecule has 0 aliphatic carbocycles. The Balaban J connectivity index is 2.15. The fraction of sp³-hybridized carbons (Fsp3) is 0.875. The summed E-state index contributed by atoms with van der Waals surface area (Å²) in [5.41, 5.74) is 0. The van der Waals surface area contributed by atoms with Crippen LogP contribution in [0.1, 0.15) is 13.3 Å². The summed E-state index contributed by atoms with van der Waals surface area (Å²) in [4.78, 5) is 24.0. The van der Waals surface area contributed by atoms with Crippen molar-refractivity contribution in [3.8, 4) is 0 Å². The quantitative estimate of drug-likeness (QED) is 0.111. The van der Waals surface area contributed by atoms with Gasteiger partial charge in [-0.1, -0.05) is 0 Å². The monoisotopic (exact) mass is 552 g/mol. The minimum Gasteiger partial charge on any atom is -0.394 e. The van der Waals surface area contributed by atoms with Gasteiger partial charge in [-0.05, 0) is 0 Å². The molecule has 0 radical (unpaired) electrons. The van der Waals surface area contributed by atoms with Crippen LogP contribution in [0.3, 0.4) is 0 Å². The van der Waals surface area contributed by atoms with Gasteiger partial charge in [-0.25, -0.2) is 4.18 Å². The summed E-state index contributed by atoms with van der Waals surface area (Å²) in [5.74, 6) is -1.97. The zero-order valence-corrected chi connectivity index (χ0v) is 20.1. The van der Waals surface area contributed by atoms with Crippen LogP contribution in [-0.4, -0.2) is 127 Å². The van der Waals surface area contributed by atoms with Crippen LogP contribution in [0.15, 0.2) is 0 Å². The van der Waals surface area contributed by atoms with Gasteiger partial charge in [0.2, 0.25) is 5.91 Å². The van der Waals surface area contributed by atoms with Crippen LogP contribution in [0.4, 0.5) is 0 Å². The average molecular weight is 553 g/mol. The Morgan fingerprint density at radius 3 is 2.31 bits per heavy atom. The van der Waals surface area contributed by atoms with E-state index in [4.69, 9.17) is 18.6 Å². The van der Waals surface area contributed by atoms with Crippen molar-refractivity contribution in [1.82, 2.24) is 10.6 Å². The van der Waals surface area contributed by atoms with Gasteiger partial charge in [-0.3, -0.25) is 18.7 Å². The van der Waals surface area contributed by atoms with E-state index in [0.717, 1.165) is 6.92 Å². The third kappa shape index (κ3) is 8.82. The van der Waals surface area contributed by atoms with Crippen molar-refractivity contribution in [2.75, 3.05) is 25.5 Å². The second-order valence-corrected chi connectivity index (χ2v) is 10.7. The lowest BCUT2D eigenvalue weighted by molar-refractivity contribution is -0.695. The molecule has 9 N–H and O–H groups in total. The predicted molar refractivity (Wildman–Crippen MR) is 111 cm³/mol. The maximum atomic E-state index is 12.4. The van der Waals surface area contributed by atoms with E-state index >= 15 is 0 Å². The van der Waals surface area contributed by atoms with Crippen molar-refractivity contribution < 1.29 is 69.8 Å². The molecule has 17 nitrogen and oxygen atoms in total. The SMILES string of the molecule is CC(=O)NC1C(OC2CC(C(=O)NCCS(=O)(=O)O)[NH2+]C2CO)OC(CO)C(OS(=O)(=O)O)C1O. The highest BCUT2D eigenvalue weighted by Gasteiger charge is 2.51. The first-order valence-electron chi connectivity index (χ1n) is 10.4. The van der Waals surface area contributed by atoms with Crippen LogP contribution in [0.25, 0.3) is 0 Å². The van der Waals surface area contributed by atoms with Gasteiger partial charge in [0, 0.05) is 19.9 Å². The molecule has 0 saturated carbocycles. The number of aliphatic hydroxyl groups excluding tert-OH is 3. The van der Waals surface area contributed by atoms with Crippen molar-refractivity contribution in [2.24, 2.45) is 0 Å². The molecule has 8 unspecified atom stereocenters. The molecule has 2 aliphatic heterocycles. The number of hydrogen-bond acceptors (Lipinski definition) is 12. The Morgan fingerprint density at radius 1 is 1.14 bits per heavy atom. The van der Waals surface area contributed by atoms with Gasteiger partial charge in [0.1, 0.15) is 36.5 Å². The number of ether oxygens (including phenoxy) is 2. The number of carbonyl (C=O) groups excluding carboxylic acids is 2. The molecule has 2 aliphatic rings. The molecule has 0 aromatic rings. The van der Waals surface area contributed by atoms with Gasteiger partial charge < -0.3 is 40.7 Å². The number of hydrogen-bond donors (Lipinski definition) is 8. The lowest BCUT2D eigenvalue weighted by atomic mass is 9.96. The Morgan fingerprint density at radius 2 is 1.80 bits per heavy atom. The van der Waals surface area contributed by atoms with Crippen molar-refractivity contribution in [3.63, 3.8) is 0 Å². The highest BCUT2D eigenvalue weighted by molar-refractivity contribution is 7.85. The largest absolute Gasteiger partial charge is 0.397 e. The molecule has 204 valence electrons. The van der Waals surface area contributed by atoms with Crippen LogP contribution in [-0.2, 0) is 43.8 Å². The molecule has 2 saturated heterocycles. The minimum absolute atomic E-state index is 0.0274. The number of nitrogens with two attached hydrogens (primary N) is 1. The molecular weight excluding hydrogens is 522 g/mol. The predicted octanol–water partition coefficient (Wildman–Crippen LogP) is -6.16. The summed E-state index contributed by atoms with van der Waals surface area (Å²) in [6.07, 6.45) is -7.60. The Hall–Kier alpha value is -1.52. The van der Waals surface area contributed by atoms with E-state index in [1.165, 1.54) is 5.32 Å². The van der Waals surface area contributed by atoms with Gasteiger partial charge >= 0.3 is 10.4 Å². The summed E-state index contributed by atoms with van der Waals surface area (Å²) < 4.78 is 77.3. The maximum absolute atomic E-state index is 12.4. The lowest BCUT2D eigenvalue weighted by Crippen LogP contribution is -2.95. The fourth-order valence-corrected chi connectivity index (χ4v) is 4.77. The summed E-state index contributed by atoms with van der Waals surface area (Å²) in [6, 6.07) is -3.01. The summed E-state index contributed by atoms with van der Waals surface area (Å²) in [5, 5.41) is 36.0. The molecule has 35 heavy (non-hydrogen) atoms. The molecule has 19 heteroatoms. The highest BCUT2D eigenvalue weighted by Crippen LogP contribution is 2.28. The summed E-state index contributed by atoms with van der Waals surface area (Å²) >= 11 is 0. The molecule has 0 aromatic heterocycles. The van der Waals surface area contributed by atoms with E-state index in [2.05, 4.69) is 14.8 Å². The first-order valence-corrected chi connectivity index (χ1v) is 13.3. The van der Waals surface area contributed by atoms with Crippen molar-refractivity contribution in [2.45, 2.75) is 62.2 Å². The van der Waals surface area contributed by atoms with Crippen LogP contribution in [0.5, 0.6) is 0 Å². The molecule has 2 fully saturated rings. The van der Waals surface area contributed by atoms with E-state index in [9.17, 15) is 41.7 Å². The van der Waals surface area contributed by atoms with Crippen LogP contribution < -0.4 is 16.0 Å². The third-order valence-electron chi connectivity index (χ3n) is 5.41. The molecule has 2 rings (SSSR count). The van der Waals surface area contributed by atoms with Gasteiger partial charge in [0.25, 0.3) is 16.0 Å². The fourth-order valence-electron chi connectivity index (χ4n) is 3.89. The normalized spacial score (nSPS) is 33.9. The van der Waals surface area contributed by atoms with E-state index in [-0.39, 0.29) is 13.0 Å². The molecule has 0 spiro atoms. The van der Waals surface area contributed by atoms with Crippen LogP contribution >= 0.6 is 0 Å². The van der Waals surface area contributed by atoms with Crippen molar-refractivity contribution in [1.29, 1.82) is 0 Å². The third-order valence-corrected chi connectivity index (χ3v) is 6.60. The molecular formula is C16H30N3O14S2+. The number of quaternary nitrogens is 1. The van der Waals surface area contributed by atoms with Crippen molar-refractivity contribution >= 4 is 32.3 Å². The van der Waals surface area contributed by atoms with Crippen LogP contribution in [0, 0.1) is 0 Å². The minimum atomic E-state index is -5.08. The van der Waals surface area contributed by atoms with Gasteiger partial charge in [-0.15, -0.1) is 0 Å². The van der Waals surface area contributed by atoms with Gasteiger partial charge in [0.05, 0.1) is 19.0 Å². The second kappa shape index (κ2) is 12.1. The Labute approximate surface area is 200 Å². The smallest absolute Gasteiger partial charge is 0.394 e. The van der Waals surface area contributed by atoms with Crippen molar-refractivity contribution in [3.05, 3.63) is 0 Å². The number of nitrogens with one attached hydrogen (secondary N) is 2. The molecule has 2 amide bonds. The molecule has 0 bridgehead atoms. The molecule has 8 atom stereocenters. The maximum Gasteiger partial charge on any atom is 0.397 e. The lowest BCUT2D eigenvalue weighted by Gasteiger charge is -2.43. The first kappa shape index (κ1) is 29.7. The van der Waals surface area contributed by atoms with E-state index in [1.807, 2.05) is 0 Å². The van der Waals surface area contributed by atoms with E-state index < -0.39 is 100 Å². The Kier molecular flexibility index (Phi) is 10.3. The zero-order chi connectivity index (χ0) is 26.6. The zero-order valence-electron chi connectivity index (χ0n) is 18.5. The molecule has 0 aromatic carbocycles. The number of aliphatic hydroxyl groups is 3. The standard InChI is InChI=1S/C16H29N3O14S2/c1-7(22)18-12-13(23)14(33-35(28,29)30)11(6-21)32-16(12)31-10-4-8(19-9(10)5-20)15(24)17-2-3-34(25,26)27/h8-14,16,19-21,23H,2-6H2,1H3,(H,17,24)(H,18,22)(H,25,26,27)(H,28,29,30)/p+1. The first-order chi connectivity index (χ1) is 16.1. The average Bonchev–Trinajstić information content (AvgIpc) is 3.13. The second-order valence-electron chi connectivity index (χ2n) is 8.06. The number of amides is 2. The Bertz CT molecular complexity index is 961. The van der Waals surface area contributed by atoms with Gasteiger partial charge in [0.15, 0.2) is 12.3 Å².